The number of aryl methyl sites for hydroxylation is 1. The first-order valence-corrected chi connectivity index (χ1v) is 6.37. The van der Waals surface area contributed by atoms with Crippen molar-refractivity contribution in [3.63, 3.8) is 0 Å². The summed E-state index contributed by atoms with van der Waals surface area (Å²) in [5.74, 6) is 0.677. The van der Waals surface area contributed by atoms with Gasteiger partial charge < -0.3 is 9.84 Å². The van der Waals surface area contributed by atoms with Gasteiger partial charge in [0.1, 0.15) is 0 Å². The maximum Gasteiger partial charge on any atom is 0.227 e. The quantitative estimate of drug-likeness (QED) is 0.849. The lowest BCUT2D eigenvalue weighted by atomic mass is 10.1. The van der Waals surface area contributed by atoms with E-state index in [2.05, 4.69) is 53.6 Å². The number of hydrogen-bond acceptors (Lipinski definition) is 4. The maximum absolute atomic E-state index is 4.95. The Morgan fingerprint density at radius 3 is 2.67 bits per heavy atom. The van der Waals surface area contributed by atoms with E-state index in [9.17, 15) is 0 Å². The molecule has 0 fully saturated rings. The van der Waals surface area contributed by atoms with Crippen LogP contribution in [0.2, 0.25) is 0 Å². The van der Waals surface area contributed by atoms with Gasteiger partial charge in [0, 0.05) is 19.0 Å². The molecule has 1 atom stereocenters. The molecule has 0 spiro atoms. The predicted octanol–water partition coefficient (Wildman–Crippen LogP) is 2.53. The molecule has 0 amide bonds. The van der Waals surface area contributed by atoms with E-state index in [4.69, 9.17) is 4.52 Å². The zero-order valence-electron chi connectivity index (χ0n) is 10.9. The van der Waals surface area contributed by atoms with Gasteiger partial charge in [-0.25, -0.2) is 0 Å². The van der Waals surface area contributed by atoms with Gasteiger partial charge in [-0.2, -0.15) is 4.98 Å². The van der Waals surface area contributed by atoms with Crippen LogP contribution in [0.3, 0.4) is 0 Å². The Hall–Kier alpha value is -1.68. The zero-order chi connectivity index (χ0) is 12.8. The molecule has 96 valence electrons. The lowest BCUT2D eigenvalue weighted by molar-refractivity contribution is 0.372. The Labute approximate surface area is 107 Å². The van der Waals surface area contributed by atoms with Crippen LogP contribution < -0.4 is 5.32 Å². The van der Waals surface area contributed by atoms with Gasteiger partial charge in [0.2, 0.25) is 5.89 Å². The average molecular weight is 245 g/mol. The Morgan fingerprint density at radius 2 is 2.06 bits per heavy atom. The van der Waals surface area contributed by atoms with Gasteiger partial charge in [-0.15, -0.1) is 0 Å². The first kappa shape index (κ1) is 12.8. The molecule has 0 saturated heterocycles. The summed E-state index contributed by atoms with van der Waals surface area (Å²) in [6, 6.07) is 9.07. The topological polar surface area (TPSA) is 51.0 Å². The highest BCUT2D eigenvalue weighted by Crippen LogP contribution is 2.13. The number of rotatable bonds is 6. The number of nitrogens with zero attached hydrogens (tertiary/aromatic N) is 2. The Morgan fingerprint density at radius 1 is 1.28 bits per heavy atom. The third-order valence-corrected chi connectivity index (χ3v) is 3.08. The second-order valence-corrected chi connectivity index (χ2v) is 4.36. The highest BCUT2D eigenvalue weighted by molar-refractivity contribution is 5.24. The van der Waals surface area contributed by atoms with Gasteiger partial charge >= 0.3 is 0 Å². The van der Waals surface area contributed by atoms with Gasteiger partial charge in [0.15, 0.2) is 6.33 Å². The lowest BCUT2D eigenvalue weighted by Gasteiger charge is -2.13. The molecule has 0 aliphatic rings. The van der Waals surface area contributed by atoms with Gasteiger partial charge in [0.05, 0.1) is 0 Å². The summed E-state index contributed by atoms with van der Waals surface area (Å²) in [5, 5.41) is 7.03. The summed E-state index contributed by atoms with van der Waals surface area (Å²) in [5.41, 5.74) is 2.68. The molecule has 2 aromatic rings. The molecule has 0 aliphatic carbocycles. The van der Waals surface area contributed by atoms with Crippen LogP contribution in [0, 0.1) is 0 Å². The molecule has 0 bridgehead atoms. The van der Waals surface area contributed by atoms with Crippen LogP contribution in [0.1, 0.15) is 36.9 Å². The Balaban J connectivity index is 1.81. The molecule has 4 heteroatoms. The van der Waals surface area contributed by atoms with Crippen molar-refractivity contribution in [2.24, 2.45) is 0 Å². The van der Waals surface area contributed by atoms with Crippen LogP contribution in [0.15, 0.2) is 35.1 Å². The molecule has 0 aliphatic heterocycles. The summed E-state index contributed by atoms with van der Waals surface area (Å²) < 4.78 is 4.95. The standard InChI is InChI=1S/C14H19N3O/c1-3-12-4-6-13(7-5-12)11(2)15-9-8-14-16-10-17-18-14/h4-7,10-11,15H,3,8-9H2,1-2H3. The largest absolute Gasteiger partial charge is 0.340 e. The molecule has 1 N–H and O–H groups in total. The van der Waals surface area contributed by atoms with E-state index in [1.165, 1.54) is 17.5 Å². The van der Waals surface area contributed by atoms with Crippen LogP contribution >= 0.6 is 0 Å². The summed E-state index contributed by atoms with van der Waals surface area (Å²) in [7, 11) is 0. The molecule has 1 unspecified atom stereocenters. The first-order valence-electron chi connectivity index (χ1n) is 6.37. The van der Waals surface area contributed by atoms with E-state index in [0.29, 0.717) is 11.9 Å². The Kier molecular flexibility index (Phi) is 4.47. The molecule has 1 aromatic heterocycles. The number of benzene rings is 1. The van der Waals surface area contributed by atoms with Crippen LogP contribution in [-0.4, -0.2) is 16.7 Å². The molecule has 1 heterocycles. The number of aromatic nitrogens is 2. The second-order valence-electron chi connectivity index (χ2n) is 4.36. The fourth-order valence-electron chi connectivity index (χ4n) is 1.86. The molecule has 0 saturated carbocycles. The molecule has 18 heavy (non-hydrogen) atoms. The predicted molar refractivity (Wildman–Crippen MR) is 70.2 cm³/mol. The van der Waals surface area contributed by atoms with E-state index in [1.54, 1.807) is 0 Å². The van der Waals surface area contributed by atoms with E-state index >= 15 is 0 Å². The third kappa shape index (κ3) is 3.40. The van der Waals surface area contributed by atoms with E-state index in [0.717, 1.165) is 19.4 Å². The third-order valence-electron chi connectivity index (χ3n) is 3.08. The van der Waals surface area contributed by atoms with Crippen molar-refractivity contribution >= 4 is 0 Å². The van der Waals surface area contributed by atoms with Gasteiger partial charge in [-0.3, -0.25) is 0 Å². The summed E-state index contributed by atoms with van der Waals surface area (Å²) in [4.78, 5) is 3.99. The Bertz CT molecular complexity index is 450. The monoisotopic (exact) mass is 245 g/mol. The normalized spacial score (nSPS) is 12.6. The fraction of sp³-hybridized carbons (Fsp3) is 0.429. The summed E-state index contributed by atoms with van der Waals surface area (Å²) >= 11 is 0. The van der Waals surface area contributed by atoms with Crippen LogP contribution in [0.5, 0.6) is 0 Å². The van der Waals surface area contributed by atoms with Crippen molar-refractivity contribution in [3.8, 4) is 0 Å². The molecular formula is C14H19N3O. The number of nitrogens with one attached hydrogen (secondary N) is 1. The number of hydrogen-bond donors (Lipinski definition) is 1. The van der Waals surface area contributed by atoms with Gasteiger partial charge in [-0.1, -0.05) is 36.3 Å². The van der Waals surface area contributed by atoms with Crippen molar-refractivity contribution in [2.45, 2.75) is 32.7 Å². The van der Waals surface area contributed by atoms with E-state index in [1.807, 2.05) is 0 Å². The van der Waals surface area contributed by atoms with Crippen molar-refractivity contribution in [3.05, 3.63) is 47.6 Å². The minimum Gasteiger partial charge on any atom is -0.340 e. The molecular weight excluding hydrogens is 226 g/mol. The molecule has 1 aromatic carbocycles. The second kappa shape index (κ2) is 6.31. The van der Waals surface area contributed by atoms with Crippen LogP contribution in [-0.2, 0) is 12.8 Å². The van der Waals surface area contributed by atoms with E-state index in [-0.39, 0.29) is 0 Å². The molecule has 2 rings (SSSR count). The van der Waals surface area contributed by atoms with Crippen molar-refractivity contribution in [1.82, 2.24) is 15.5 Å². The van der Waals surface area contributed by atoms with Gasteiger partial charge in [-0.05, 0) is 24.5 Å². The van der Waals surface area contributed by atoms with Crippen molar-refractivity contribution < 1.29 is 4.52 Å². The summed E-state index contributed by atoms with van der Waals surface area (Å²) in [6.07, 6.45) is 3.28. The van der Waals surface area contributed by atoms with Gasteiger partial charge in [0.25, 0.3) is 0 Å². The van der Waals surface area contributed by atoms with Crippen molar-refractivity contribution in [2.75, 3.05) is 6.54 Å². The minimum absolute atomic E-state index is 0.332. The highest BCUT2D eigenvalue weighted by Gasteiger charge is 2.05. The van der Waals surface area contributed by atoms with Crippen molar-refractivity contribution in [1.29, 1.82) is 0 Å². The van der Waals surface area contributed by atoms with E-state index < -0.39 is 0 Å². The maximum atomic E-state index is 4.95. The fourth-order valence-corrected chi connectivity index (χ4v) is 1.86. The highest BCUT2D eigenvalue weighted by atomic mass is 16.5. The summed E-state index contributed by atoms with van der Waals surface area (Å²) in [6.45, 7) is 5.16. The lowest BCUT2D eigenvalue weighted by Crippen LogP contribution is -2.21. The van der Waals surface area contributed by atoms with Crippen LogP contribution in [0.4, 0.5) is 0 Å². The first-order chi connectivity index (χ1) is 8.79. The molecule has 4 nitrogen and oxygen atoms in total. The minimum atomic E-state index is 0.332. The average Bonchev–Trinajstić information content (AvgIpc) is 2.92. The smallest absolute Gasteiger partial charge is 0.227 e. The SMILES string of the molecule is CCc1ccc(C(C)NCCc2ncno2)cc1. The molecule has 0 radical (unpaired) electrons. The van der Waals surface area contributed by atoms with Crippen LogP contribution in [0.25, 0.3) is 0 Å². The zero-order valence-corrected chi connectivity index (χ0v) is 10.9.